The molecule has 0 radical (unpaired) electrons. The van der Waals surface area contributed by atoms with Crippen LogP contribution in [-0.4, -0.2) is 11.5 Å². The molecule has 0 saturated heterocycles. The molecule has 0 aliphatic carbocycles. The Morgan fingerprint density at radius 1 is 1.35 bits per heavy atom. The normalized spacial score (nSPS) is 11.3. The maximum Gasteiger partial charge on any atom is 0.292 e. The number of hydrogen-bond acceptors (Lipinski definition) is 4. The van der Waals surface area contributed by atoms with Crippen molar-refractivity contribution in [2.24, 2.45) is 0 Å². The number of hydrogen-bond donors (Lipinski definition) is 1. The van der Waals surface area contributed by atoms with Gasteiger partial charge in [-0.2, -0.15) is 0 Å². The van der Waals surface area contributed by atoms with Crippen LogP contribution in [0.3, 0.4) is 0 Å². The highest BCUT2D eigenvalue weighted by atomic mass is 32.1. The molecule has 5 heteroatoms. The minimum atomic E-state index is -0.340. The summed E-state index contributed by atoms with van der Waals surface area (Å²) in [6.07, 6.45) is 0. The van der Waals surface area contributed by atoms with E-state index in [9.17, 15) is 10.1 Å². The summed E-state index contributed by atoms with van der Waals surface area (Å²) in [5.41, 5.74) is 1.53. The molecule has 4 nitrogen and oxygen atoms in total. The topological polar surface area (TPSA) is 55.2 Å². The largest absolute Gasteiger partial charge is 0.379 e. The molecule has 20 heavy (non-hydrogen) atoms. The van der Waals surface area contributed by atoms with Gasteiger partial charge in [0, 0.05) is 22.9 Å². The fourth-order valence-corrected chi connectivity index (χ4v) is 2.86. The van der Waals surface area contributed by atoms with Gasteiger partial charge in [-0.05, 0) is 30.0 Å². The number of nitrogens with one attached hydrogen (secondary N) is 1. The third-order valence-electron chi connectivity index (χ3n) is 3.26. The van der Waals surface area contributed by atoms with E-state index < -0.39 is 0 Å². The summed E-state index contributed by atoms with van der Waals surface area (Å²) >= 11 is 1.70. The number of nitro benzene ring substituents is 1. The van der Waals surface area contributed by atoms with Gasteiger partial charge in [0.25, 0.3) is 5.69 Å². The molecule has 1 N–H and O–H groups in total. The minimum absolute atomic E-state index is 0.0626. The summed E-state index contributed by atoms with van der Waals surface area (Å²) in [6, 6.07) is 9.37. The van der Waals surface area contributed by atoms with Gasteiger partial charge in [0.15, 0.2) is 0 Å². The molecule has 1 heterocycles. The number of thiophene rings is 1. The van der Waals surface area contributed by atoms with Gasteiger partial charge in [0.2, 0.25) is 0 Å². The number of nitro groups is 1. The summed E-state index contributed by atoms with van der Waals surface area (Å²) < 4.78 is 0. The Bertz CT molecular complexity index is 606. The molecule has 0 bridgehead atoms. The fraction of sp³-hybridized carbons (Fsp3) is 0.333. The maximum absolute atomic E-state index is 11.1. The summed E-state index contributed by atoms with van der Waals surface area (Å²) in [5, 5.41) is 16.4. The molecule has 1 aromatic carbocycles. The van der Waals surface area contributed by atoms with E-state index in [1.54, 1.807) is 23.5 Å². The van der Waals surface area contributed by atoms with Crippen LogP contribution in [-0.2, 0) is 5.41 Å². The van der Waals surface area contributed by atoms with E-state index in [-0.39, 0.29) is 16.0 Å². The molecular weight excluding hydrogens is 272 g/mol. The van der Waals surface area contributed by atoms with Gasteiger partial charge >= 0.3 is 0 Å². The molecule has 106 valence electrons. The second-order valence-corrected chi connectivity index (χ2v) is 6.44. The standard InChI is InChI=1S/C15H18N2O2S/c1-11-6-7-12(13(9-11)17(18)19)16-10-15(2,3)14-5-4-8-20-14/h4-9,16H,10H2,1-3H3. The highest BCUT2D eigenvalue weighted by Gasteiger charge is 2.23. The van der Waals surface area contributed by atoms with Crippen molar-refractivity contribution < 1.29 is 4.92 Å². The van der Waals surface area contributed by atoms with Gasteiger partial charge in [-0.25, -0.2) is 0 Å². The Morgan fingerprint density at radius 3 is 2.70 bits per heavy atom. The molecule has 2 aromatic rings. The SMILES string of the molecule is Cc1ccc(NCC(C)(C)c2cccs2)c([N+](=O)[O-])c1. The van der Waals surface area contributed by atoms with Crippen molar-refractivity contribution in [3.8, 4) is 0 Å². The van der Waals surface area contributed by atoms with Gasteiger partial charge in [-0.15, -0.1) is 11.3 Å². The van der Waals surface area contributed by atoms with Gasteiger partial charge in [-0.3, -0.25) is 10.1 Å². The van der Waals surface area contributed by atoms with Crippen molar-refractivity contribution >= 4 is 22.7 Å². The average Bonchev–Trinajstić information content (AvgIpc) is 2.91. The quantitative estimate of drug-likeness (QED) is 0.657. The zero-order valence-corrected chi connectivity index (χ0v) is 12.7. The lowest BCUT2D eigenvalue weighted by atomic mass is 9.91. The number of nitrogens with zero attached hydrogens (tertiary/aromatic N) is 1. The van der Waals surface area contributed by atoms with E-state index >= 15 is 0 Å². The maximum atomic E-state index is 11.1. The molecular formula is C15H18N2O2S. The molecule has 0 saturated carbocycles. The number of rotatable bonds is 5. The van der Waals surface area contributed by atoms with Gasteiger partial charge in [0.05, 0.1) is 4.92 Å². The molecule has 1 aromatic heterocycles. The molecule has 0 unspecified atom stereocenters. The van der Waals surface area contributed by atoms with E-state index in [1.807, 2.05) is 24.4 Å². The van der Waals surface area contributed by atoms with Crippen molar-refractivity contribution in [3.63, 3.8) is 0 Å². The van der Waals surface area contributed by atoms with E-state index in [2.05, 4.69) is 25.2 Å². The molecule has 0 atom stereocenters. The van der Waals surface area contributed by atoms with Crippen LogP contribution < -0.4 is 5.32 Å². The Morgan fingerprint density at radius 2 is 2.10 bits per heavy atom. The predicted molar refractivity (Wildman–Crippen MR) is 83.7 cm³/mol. The Hall–Kier alpha value is -1.88. The van der Waals surface area contributed by atoms with E-state index in [0.717, 1.165) is 5.56 Å². The first-order chi connectivity index (χ1) is 9.40. The van der Waals surface area contributed by atoms with Crippen molar-refractivity contribution in [1.29, 1.82) is 0 Å². The Labute approximate surface area is 122 Å². The number of benzene rings is 1. The zero-order valence-electron chi connectivity index (χ0n) is 11.8. The molecule has 0 fully saturated rings. The highest BCUT2D eigenvalue weighted by molar-refractivity contribution is 7.10. The summed E-state index contributed by atoms with van der Waals surface area (Å²) in [5.74, 6) is 0. The molecule has 2 rings (SSSR count). The zero-order chi connectivity index (χ0) is 14.8. The summed E-state index contributed by atoms with van der Waals surface area (Å²) in [6.45, 7) is 6.77. The average molecular weight is 290 g/mol. The van der Waals surface area contributed by atoms with Crippen LogP contribution in [0, 0.1) is 17.0 Å². The molecule has 0 amide bonds. The Balaban J connectivity index is 2.17. The van der Waals surface area contributed by atoms with Gasteiger partial charge in [0.1, 0.15) is 5.69 Å². The lowest BCUT2D eigenvalue weighted by molar-refractivity contribution is -0.384. The van der Waals surface area contributed by atoms with Crippen molar-refractivity contribution in [2.75, 3.05) is 11.9 Å². The van der Waals surface area contributed by atoms with Crippen LogP contribution in [0.15, 0.2) is 35.7 Å². The molecule has 0 spiro atoms. The first-order valence-corrected chi connectivity index (χ1v) is 7.31. The molecule has 0 aliphatic rings. The second kappa shape index (κ2) is 5.63. The lowest BCUT2D eigenvalue weighted by Crippen LogP contribution is -2.26. The van der Waals surface area contributed by atoms with Crippen LogP contribution in [0.5, 0.6) is 0 Å². The van der Waals surface area contributed by atoms with E-state index in [1.165, 1.54) is 4.88 Å². The third kappa shape index (κ3) is 3.17. The monoisotopic (exact) mass is 290 g/mol. The van der Waals surface area contributed by atoms with Crippen LogP contribution >= 0.6 is 11.3 Å². The molecule has 0 aliphatic heterocycles. The minimum Gasteiger partial charge on any atom is -0.379 e. The van der Waals surface area contributed by atoms with Crippen LogP contribution in [0.1, 0.15) is 24.3 Å². The highest BCUT2D eigenvalue weighted by Crippen LogP contribution is 2.30. The lowest BCUT2D eigenvalue weighted by Gasteiger charge is -2.24. The third-order valence-corrected chi connectivity index (χ3v) is 4.49. The smallest absolute Gasteiger partial charge is 0.292 e. The predicted octanol–water partition coefficient (Wildman–Crippen LogP) is 4.35. The van der Waals surface area contributed by atoms with Gasteiger partial charge < -0.3 is 5.32 Å². The van der Waals surface area contributed by atoms with E-state index in [0.29, 0.717) is 12.2 Å². The van der Waals surface area contributed by atoms with Crippen molar-refractivity contribution in [3.05, 3.63) is 56.3 Å². The van der Waals surface area contributed by atoms with Crippen LogP contribution in [0.2, 0.25) is 0 Å². The second-order valence-electron chi connectivity index (χ2n) is 5.49. The first kappa shape index (κ1) is 14.5. The Kier molecular flexibility index (Phi) is 4.09. The summed E-state index contributed by atoms with van der Waals surface area (Å²) in [7, 11) is 0. The van der Waals surface area contributed by atoms with Crippen LogP contribution in [0.4, 0.5) is 11.4 Å². The van der Waals surface area contributed by atoms with E-state index in [4.69, 9.17) is 0 Å². The number of anilines is 1. The van der Waals surface area contributed by atoms with Crippen LogP contribution in [0.25, 0.3) is 0 Å². The van der Waals surface area contributed by atoms with Gasteiger partial charge in [-0.1, -0.05) is 26.0 Å². The first-order valence-electron chi connectivity index (χ1n) is 6.43. The fourth-order valence-electron chi connectivity index (χ4n) is 2.01. The van der Waals surface area contributed by atoms with Crippen molar-refractivity contribution in [2.45, 2.75) is 26.2 Å². The van der Waals surface area contributed by atoms with Crippen molar-refractivity contribution in [1.82, 2.24) is 0 Å². The number of aryl methyl sites for hydroxylation is 1. The summed E-state index contributed by atoms with van der Waals surface area (Å²) in [4.78, 5) is 12.0.